The second-order valence-corrected chi connectivity index (χ2v) is 7.34. The highest BCUT2D eigenvalue weighted by atomic mass is 127. The van der Waals surface area contributed by atoms with Crippen LogP contribution in [0.2, 0.25) is 0 Å². The maximum Gasteiger partial charge on any atom is 0.194 e. The minimum Gasteiger partial charge on any atom is -0.493 e. The average molecular weight is 528 g/mol. The van der Waals surface area contributed by atoms with Crippen LogP contribution >= 0.6 is 24.0 Å². The summed E-state index contributed by atoms with van der Waals surface area (Å²) < 4.78 is 16.6. The predicted octanol–water partition coefficient (Wildman–Crippen LogP) is 3.54. The van der Waals surface area contributed by atoms with Crippen LogP contribution in [0.4, 0.5) is 0 Å². The molecule has 1 N–H and O–H groups in total. The molecule has 0 fully saturated rings. The van der Waals surface area contributed by atoms with Crippen LogP contribution in [0.25, 0.3) is 0 Å². The number of nitrogens with zero attached hydrogens (tertiary/aromatic N) is 3. The maximum absolute atomic E-state index is 5.62. The van der Waals surface area contributed by atoms with Gasteiger partial charge in [0, 0.05) is 19.6 Å². The summed E-state index contributed by atoms with van der Waals surface area (Å²) in [6.45, 7) is 5.23. The van der Waals surface area contributed by atoms with Crippen molar-refractivity contribution >= 4 is 29.9 Å². The Morgan fingerprint density at radius 3 is 2.50 bits per heavy atom. The number of furan rings is 1. The van der Waals surface area contributed by atoms with Crippen LogP contribution in [-0.2, 0) is 13.0 Å². The lowest BCUT2D eigenvalue weighted by Crippen LogP contribution is -2.44. The van der Waals surface area contributed by atoms with Crippen molar-refractivity contribution in [1.82, 2.24) is 15.1 Å². The molecule has 166 valence electrons. The van der Waals surface area contributed by atoms with Gasteiger partial charge in [0.2, 0.25) is 0 Å². The Balaban J connectivity index is 0.00000320. The molecule has 3 rings (SSSR count). The Morgan fingerprint density at radius 1 is 1.23 bits per heavy atom. The molecule has 1 unspecified atom stereocenters. The second kappa shape index (κ2) is 11.5. The van der Waals surface area contributed by atoms with Crippen molar-refractivity contribution in [2.45, 2.75) is 25.9 Å². The smallest absolute Gasteiger partial charge is 0.194 e. The largest absolute Gasteiger partial charge is 0.493 e. The summed E-state index contributed by atoms with van der Waals surface area (Å²) in [4.78, 5) is 9.37. The first-order chi connectivity index (χ1) is 14.1. The summed E-state index contributed by atoms with van der Waals surface area (Å²) in [6, 6.07) is 8.19. The zero-order valence-electron chi connectivity index (χ0n) is 18.5. The van der Waals surface area contributed by atoms with Gasteiger partial charge in [-0.1, -0.05) is 0 Å². The van der Waals surface area contributed by atoms with E-state index in [2.05, 4.69) is 34.2 Å². The number of benzene rings is 1. The van der Waals surface area contributed by atoms with Gasteiger partial charge >= 0.3 is 0 Å². The molecule has 0 bridgehead atoms. The predicted molar refractivity (Wildman–Crippen MR) is 130 cm³/mol. The Hall–Kier alpha value is -1.94. The molecule has 0 amide bonds. The van der Waals surface area contributed by atoms with Gasteiger partial charge in [0.05, 0.1) is 33.1 Å². The lowest BCUT2D eigenvalue weighted by atomic mass is 9.99. The Morgan fingerprint density at radius 2 is 1.93 bits per heavy atom. The number of ether oxygens (including phenoxy) is 2. The van der Waals surface area contributed by atoms with E-state index in [9.17, 15) is 0 Å². The molecule has 0 aliphatic carbocycles. The van der Waals surface area contributed by atoms with Crippen molar-refractivity contribution in [2.75, 3.05) is 47.9 Å². The molecule has 2 heterocycles. The van der Waals surface area contributed by atoms with Crippen molar-refractivity contribution in [2.24, 2.45) is 4.99 Å². The number of rotatable bonds is 7. The number of aliphatic imine (C=N–C) groups is 1. The third-order valence-electron chi connectivity index (χ3n) is 5.26. The van der Waals surface area contributed by atoms with E-state index in [0.29, 0.717) is 6.54 Å². The molecule has 8 heteroatoms. The summed E-state index contributed by atoms with van der Waals surface area (Å²) in [5, 5.41) is 3.44. The summed E-state index contributed by atoms with van der Waals surface area (Å²) in [5.74, 6) is 3.40. The monoisotopic (exact) mass is 528 g/mol. The third kappa shape index (κ3) is 5.60. The van der Waals surface area contributed by atoms with Crippen molar-refractivity contribution in [1.29, 1.82) is 0 Å². The minimum absolute atomic E-state index is 0. The number of halogens is 1. The van der Waals surface area contributed by atoms with E-state index in [1.165, 1.54) is 11.1 Å². The topological polar surface area (TPSA) is 62.5 Å². The Labute approximate surface area is 196 Å². The number of guanidine groups is 1. The molecule has 0 saturated carbocycles. The van der Waals surface area contributed by atoms with Crippen molar-refractivity contribution < 1.29 is 13.9 Å². The fourth-order valence-corrected chi connectivity index (χ4v) is 3.65. The van der Waals surface area contributed by atoms with Crippen LogP contribution in [0, 0.1) is 0 Å². The highest BCUT2D eigenvalue weighted by molar-refractivity contribution is 14.0. The van der Waals surface area contributed by atoms with Crippen LogP contribution in [0.1, 0.15) is 29.9 Å². The standard InChI is InChI=1S/C22H32N4O3.HI/c1-6-23-22(24-14-18(25(2)3)19-8-7-11-29-19)26-10-9-16-12-20(27-4)21(28-5)13-17(16)15-26;/h7-8,11-13,18H,6,9-10,14-15H2,1-5H3,(H,23,24);1H. The van der Waals surface area contributed by atoms with Crippen molar-refractivity contribution in [3.8, 4) is 11.5 Å². The normalized spacial score (nSPS) is 14.7. The van der Waals surface area contributed by atoms with E-state index < -0.39 is 0 Å². The van der Waals surface area contributed by atoms with Crippen LogP contribution < -0.4 is 14.8 Å². The molecular formula is C22H33IN4O3. The minimum atomic E-state index is 0. The molecule has 7 nitrogen and oxygen atoms in total. The van der Waals surface area contributed by atoms with E-state index >= 15 is 0 Å². The van der Waals surface area contributed by atoms with Gasteiger partial charge in [0.25, 0.3) is 0 Å². The Bertz CT molecular complexity index is 824. The highest BCUT2D eigenvalue weighted by Crippen LogP contribution is 2.33. The Kier molecular flexibility index (Phi) is 9.29. The van der Waals surface area contributed by atoms with E-state index in [-0.39, 0.29) is 30.0 Å². The van der Waals surface area contributed by atoms with Gasteiger partial charge < -0.3 is 24.1 Å². The zero-order chi connectivity index (χ0) is 20.8. The first-order valence-corrected chi connectivity index (χ1v) is 10.0. The van der Waals surface area contributed by atoms with E-state index in [1.54, 1.807) is 20.5 Å². The number of likely N-dealkylation sites (N-methyl/N-ethyl adjacent to an activating group) is 1. The fraction of sp³-hybridized carbons (Fsp3) is 0.500. The van der Waals surface area contributed by atoms with E-state index in [4.69, 9.17) is 18.9 Å². The SMILES string of the molecule is CCNC(=NCC(c1ccco1)N(C)C)N1CCc2cc(OC)c(OC)cc2C1.I. The van der Waals surface area contributed by atoms with Crippen LogP contribution in [0.15, 0.2) is 39.9 Å². The fourth-order valence-electron chi connectivity index (χ4n) is 3.65. The molecule has 1 aliphatic heterocycles. The summed E-state index contributed by atoms with van der Waals surface area (Å²) >= 11 is 0. The van der Waals surface area contributed by atoms with Gasteiger partial charge in [-0.3, -0.25) is 9.89 Å². The number of methoxy groups -OCH3 is 2. The quantitative estimate of drug-likeness (QED) is 0.337. The molecule has 1 aliphatic rings. The van der Waals surface area contributed by atoms with E-state index in [1.807, 2.05) is 26.2 Å². The van der Waals surface area contributed by atoms with Gasteiger partial charge in [-0.25, -0.2) is 0 Å². The zero-order valence-corrected chi connectivity index (χ0v) is 20.8. The van der Waals surface area contributed by atoms with Crippen molar-refractivity contribution in [3.63, 3.8) is 0 Å². The molecule has 1 atom stereocenters. The third-order valence-corrected chi connectivity index (χ3v) is 5.26. The molecule has 2 aromatic rings. The number of nitrogens with one attached hydrogen (secondary N) is 1. The molecule has 0 radical (unpaired) electrons. The van der Waals surface area contributed by atoms with Crippen LogP contribution in [0.5, 0.6) is 11.5 Å². The van der Waals surface area contributed by atoms with Gasteiger partial charge in [-0.15, -0.1) is 24.0 Å². The maximum atomic E-state index is 5.62. The summed E-state index contributed by atoms with van der Waals surface area (Å²) in [5.41, 5.74) is 2.55. The summed E-state index contributed by atoms with van der Waals surface area (Å²) in [6.07, 6.45) is 2.65. The second-order valence-electron chi connectivity index (χ2n) is 7.34. The van der Waals surface area contributed by atoms with Gasteiger partial charge in [-0.2, -0.15) is 0 Å². The van der Waals surface area contributed by atoms with E-state index in [0.717, 1.165) is 49.3 Å². The number of hydrogen-bond acceptors (Lipinski definition) is 5. The molecular weight excluding hydrogens is 495 g/mol. The average Bonchev–Trinajstić information content (AvgIpc) is 3.25. The van der Waals surface area contributed by atoms with Gasteiger partial charge in [-0.05, 0) is 62.8 Å². The lowest BCUT2D eigenvalue weighted by molar-refractivity contribution is 0.263. The molecule has 0 saturated heterocycles. The molecule has 30 heavy (non-hydrogen) atoms. The molecule has 0 spiro atoms. The highest BCUT2D eigenvalue weighted by Gasteiger charge is 2.23. The molecule has 1 aromatic heterocycles. The van der Waals surface area contributed by atoms with Gasteiger partial charge in [0.15, 0.2) is 17.5 Å². The summed E-state index contributed by atoms with van der Waals surface area (Å²) in [7, 11) is 7.45. The number of fused-ring (bicyclic) bond motifs is 1. The van der Waals surface area contributed by atoms with Crippen LogP contribution in [-0.4, -0.2) is 63.7 Å². The van der Waals surface area contributed by atoms with Gasteiger partial charge in [0.1, 0.15) is 5.76 Å². The first kappa shape index (κ1) is 24.3. The van der Waals surface area contributed by atoms with Crippen LogP contribution in [0.3, 0.4) is 0 Å². The molecule has 1 aromatic carbocycles. The lowest BCUT2D eigenvalue weighted by Gasteiger charge is -2.32. The number of hydrogen-bond donors (Lipinski definition) is 1. The van der Waals surface area contributed by atoms with Crippen molar-refractivity contribution in [3.05, 3.63) is 47.4 Å². The first-order valence-electron chi connectivity index (χ1n) is 10.0.